The number of hydrogen-bond acceptors (Lipinski definition) is 10. The molecule has 8 atom stereocenters. The van der Waals surface area contributed by atoms with Gasteiger partial charge in [0.2, 0.25) is 5.91 Å². The van der Waals surface area contributed by atoms with Gasteiger partial charge in [0.05, 0.1) is 25.4 Å². The van der Waals surface area contributed by atoms with Gasteiger partial charge in [-0.05, 0) is 64.2 Å². The molecule has 1 fully saturated rings. The van der Waals surface area contributed by atoms with Crippen molar-refractivity contribution in [2.24, 2.45) is 0 Å². The van der Waals surface area contributed by atoms with E-state index in [1.807, 2.05) is 6.08 Å². The van der Waals surface area contributed by atoms with Crippen LogP contribution in [0.1, 0.15) is 361 Å². The maximum absolute atomic E-state index is 13.5. The Morgan fingerprint density at radius 2 is 0.793 bits per heavy atom. The summed E-state index contributed by atoms with van der Waals surface area (Å²) in [4.78, 5) is 26.7. The van der Waals surface area contributed by atoms with E-state index in [-0.39, 0.29) is 13.0 Å². The average molecular weight is 1230 g/mol. The van der Waals surface area contributed by atoms with Crippen LogP contribution in [0.3, 0.4) is 0 Å². The van der Waals surface area contributed by atoms with Gasteiger partial charge in [0.1, 0.15) is 24.4 Å². The molecule has 1 amide bonds. The second kappa shape index (κ2) is 63.8. The standard InChI is InChI=1S/C76H141NO10/c1-4-7-10-13-16-19-22-25-27-29-31-32-33-34-35-36-37-39-40-42-45-48-51-54-57-60-63-69(80)75(84)77-67(68(79)62-59-56-53-50-47-44-24-21-18-15-12-9-6-3)66-85-76-74(73(83)72(82)70(65-78)86-76)87-71(81)64-61-58-55-52-49-46-43-41-38-30-28-26-23-20-17-14-11-8-5-2/h17,20,26,28,38,41,59,62,67-70,72-74,76,78-80,82-83H,4-16,18-19,21-25,27,29-37,39-40,42-58,60-61,63-66H2,1-3H3,(H,77,84)/b20-17-,28-26-,41-38-,62-59+. The van der Waals surface area contributed by atoms with Gasteiger partial charge >= 0.3 is 5.97 Å². The molecule has 0 aromatic rings. The second-order valence-electron chi connectivity index (χ2n) is 26.0. The summed E-state index contributed by atoms with van der Waals surface area (Å²) < 4.78 is 17.7. The van der Waals surface area contributed by atoms with Crippen LogP contribution in [0.4, 0.5) is 0 Å². The number of nitrogens with one attached hydrogen (secondary N) is 1. The van der Waals surface area contributed by atoms with E-state index in [1.165, 1.54) is 225 Å². The summed E-state index contributed by atoms with van der Waals surface area (Å²) in [5.74, 6) is -1.19. The molecule has 0 radical (unpaired) electrons. The van der Waals surface area contributed by atoms with Crippen molar-refractivity contribution in [3.8, 4) is 0 Å². The fourth-order valence-electron chi connectivity index (χ4n) is 11.8. The van der Waals surface area contributed by atoms with Crippen molar-refractivity contribution in [1.82, 2.24) is 5.32 Å². The van der Waals surface area contributed by atoms with E-state index in [0.29, 0.717) is 19.3 Å². The number of esters is 1. The summed E-state index contributed by atoms with van der Waals surface area (Å²) in [6.45, 7) is 5.82. The van der Waals surface area contributed by atoms with Crippen LogP contribution in [0.15, 0.2) is 48.6 Å². The smallest absolute Gasteiger partial charge is 0.306 e. The lowest BCUT2D eigenvalue weighted by Crippen LogP contribution is -2.61. The first-order valence-electron chi connectivity index (χ1n) is 37.4. The Kier molecular flexibility index (Phi) is 60.6. The molecule has 1 aliphatic heterocycles. The Balaban J connectivity index is 2.55. The molecule has 11 nitrogen and oxygen atoms in total. The van der Waals surface area contributed by atoms with E-state index in [9.17, 15) is 35.1 Å². The Morgan fingerprint density at radius 3 is 1.21 bits per heavy atom. The second-order valence-corrected chi connectivity index (χ2v) is 26.0. The molecule has 0 aliphatic carbocycles. The quantitative estimate of drug-likeness (QED) is 0.0195. The van der Waals surface area contributed by atoms with Crippen LogP contribution in [0, 0.1) is 0 Å². The van der Waals surface area contributed by atoms with Gasteiger partial charge in [-0.3, -0.25) is 9.59 Å². The zero-order valence-electron chi connectivity index (χ0n) is 56.9. The van der Waals surface area contributed by atoms with Crippen LogP contribution >= 0.6 is 0 Å². The van der Waals surface area contributed by atoms with Crippen molar-refractivity contribution < 1.29 is 49.3 Å². The number of carbonyl (C=O) groups excluding carboxylic acids is 2. The molecule has 1 heterocycles. The lowest BCUT2D eigenvalue weighted by Gasteiger charge is -2.41. The molecule has 0 aromatic heterocycles. The SMILES string of the molecule is CCCCC/C=C\C/C=C\C/C=C\CCCCCCCCC(=O)OC1C(OCC(NC(=O)C(O)CCCCCCCCCCCCCCCCCCCCCCCCCCCC)C(O)/C=C/CCCCCCCCCCCCC)OC(CO)C(O)C1O. The summed E-state index contributed by atoms with van der Waals surface area (Å²) in [7, 11) is 0. The number of unbranched alkanes of at least 4 members (excludes halogenated alkanes) is 45. The van der Waals surface area contributed by atoms with Crippen molar-refractivity contribution in [2.75, 3.05) is 13.2 Å². The Morgan fingerprint density at radius 1 is 0.448 bits per heavy atom. The largest absolute Gasteiger partial charge is 0.454 e. The van der Waals surface area contributed by atoms with Crippen molar-refractivity contribution in [1.29, 1.82) is 0 Å². The number of allylic oxidation sites excluding steroid dienone is 7. The molecular weight excluding hydrogens is 1090 g/mol. The lowest BCUT2D eigenvalue weighted by atomic mass is 9.99. The van der Waals surface area contributed by atoms with Gasteiger partial charge in [0, 0.05) is 6.42 Å². The lowest BCUT2D eigenvalue weighted by molar-refractivity contribution is -0.305. The average Bonchev–Trinajstić information content (AvgIpc) is 2.51. The number of amides is 1. The first-order valence-corrected chi connectivity index (χ1v) is 37.4. The molecule has 0 saturated carbocycles. The molecule has 510 valence electrons. The van der Waals surface area contributed by atoms with Crippen molar-refractivity contribution in [3.63, 3.8) is 0 Å². The molecule has 0 aromatic carbocycles. The fraction of sp³-hybridized carbons (Fsp3) is 0.868. The van der Waals surface area contributed by atoms with Gasteiger partial charge in [-0.25, -0.2) is 0 Å². The molecule has 6 N–H and O–H groups in total. The van der Waals surface area contributed by atoms with Gasteiger partial charge in [0.15, 0.2) is 12.4 Å². The minimum absolute atomic E-state index is 0.110. The molecule has 1 saturated heterocycles. The summed E-state index contributed by atoms with van der Waals surface area (Å²) in [5, 5.41) is 57.3. The molecule has 0 bridgehead atoms. The number of rotatable bonds is 65. The van der Waals surface area contributed by atoms with Crippen molar-refractivity contribution in [3.05, 3.63) is 48.6 Å². The molecular formula is C76H141NO10. The Labute approximate surface area is 536 Å². The third-order valence-electron chi connectivity index (χ3n) is 17.7. The van der Waals surface area contributed by atoms with E-state index < -0.39 is 67.4 Å². The highest BCUT2D eigenvalue weighted by Gasteiger charge is 2.47. The van der Waals surface area contributed by atoms with Gasteiger partial charge in [0.25, 0.3) is 0 Å². The zero-order chi connectivity index (χ0) is 63.1. The minimum Gasteiger partial charge on any atom is -0.454 e. The highest BCUT2D eigenvalue weighted by Crippen LogP contribution is 2.27. The number of aliphatic hydroxyl groups excluding tert-OH is 5. The predicted molar refractivity (Wildman–Crippen MR) is 366 cm³/mol. The van der Waals surface area contributed by atoms with Crippen LogP contribution in [-0.2, 0) is 23.8 Å². The molecule has 8 unspecified atom stereocenters. The summed E-state index contributed by atoms with van der Waals surface area (Å²) in [6.07, 6.45) is 70.2. The van der Waals surface area contributed by atoms with Crippen LogP contribution < -0.4 is 5.32 Å². The topological polar surface area (TPSA) is 175 Å². The predicted octanol–water partition coefficient (Wildman–Crippen LogP) is 19.5. The van der Waals surface area contributed by atoms with Crippen molar-refractivity contribution >= 4 is 11.9 Å². The summed E-state index contributed by atoms with van der Waals surface area (Å²) in [5.41, 5.74) is 0. The molecule has 0 spiro atoms. The first-order chi connectivity index (χ1) is 42.7. The van der Waals surface area contributed by atoms with Crippen LogP contribution in [0.2, 0.25) is 0 Å². The maximum Gasteiger partial charge on any atom is 0.306 e. The fourth-order valence-corrected chi connectivity index (χ4v) is 11.8. The van der Waals surface area contributed by atoms with Gasteiger partial charge in [-0.2, -0.15) is 0 Å². The third kappa shape index (κ3) is 50.9. The van der Waals surface area contributed by atoms with Crippen LogP contribution in [0.25, 0.3) is 0 Å². The summed E-state index contributed by atoms with van der Waals surface area (Å²) in [6, 6.07) is -1.03. The molecule has 11 heteroatoms. The van der Waals surface area contributed by atoms with Gasteiger partial charge < -0.3 is 45.1 Å². The zero-order valence-corrected chi connectivity index (χ0v) is 56.9. The van der Waals surface area contributed by atoms with Gasteiger partial charge in [-0.15, -0.1) is 0 Å². The molecule has 1 rings (SSSR count). The highest BCUT2D eigenvalue weighted by atomic mass is 16.7. The number of carbonyl (C=O) groups is 2. The van der Waals surface area contributed by atoms with Crippen molar-refractivity contribution in [2.45, 2.75) is 410 Å². The Bertz CT molecular complexity index is 1600. The number of hydrogen-bond donors (Lipinski definition) is 6. The summed E-state index contributed by atoms with van der Waals surface area (Å²) >= 11 is 0. The van der Waals surface area contributed by atoms with E-state index in [4.69, 9.17) is 14.2 Å². The molecule has 87 heavy (non-hydrogen) atoms. The molecule has 1 aliphatic rings. The maximum atomic E-state index is 13.5. The van der Waals surface area contributed by atoms with E-state index in [1.54, 1.807) is 6.08 Å². The first kappa shape index (κ1) is 82.6. The highest BCUT2D eigenvalue weighted by molar-refractivity contribution is 5.80. The van der Waals surface area contributed by atoms with E-state index in [2.05, 4.69) is 62.5 Å². The monoisotopic (exact) mass is 1230 g/mol. The minimum atomic E-state index is -1.62. The third-order valence-corrected chi connectivity index (χ3v) is 17.7. The Hall–Kier alpha value is -2.38. The van der Waals surface area contributed by atoms with E-state index in [0.717, 1.165) is 89.9 Å². The normalized spacial score (nSPS) is 18.5. The van der Waals surface area contributed by atoms with Crippen LogP contribution in [-0.4, -0.2) is 99.6 Å². The van der Waals surface area contributed by atoms with Crippen LogP contribution in [0.5, 0.6) is 0 Å². The van der Waals surface area contributed by atoms with E-state index >= 15 is 0 Å². The van der Waals surface area contributed by atoms with Gasteiger partial charge in [-0.1, -0.05) is 339 Å². The number of ether oxygens (including phenoxy) is 3. The number of aliphatic hydroxyl groups is 5.